The van der Waals surface area contributed by atoms with Crippen LogP contribution in [0.15, 0.2) is 35.2 Å². The van der Waals surface area contributed by atoms with Gasteiger partial charge in [-0.3, -0.25) is 4.79 Å². The Morgan fingerprint density at radius 1 is 1.47 bits per heavy atom. The van der Waals surface area contributed by atoms with Crippen molar-refractivity contribution in [1.29, 1.82) is 0 Å². The molecule has 6 nitrogen and oxygen atoms in total. The van der Waals surface area contributed by atoms with Crippen LogP contribution in [0.4, 0.5) is 5.82 Å². The zero-order valence-electron chi connectivity index (χ0n) is 9.25. The largest absolute Gasteiger partial charge is 0.467 e. The molecule has 0 saturated heterocycles. The van der Waals surface area contributed by atoms with Gasteiger partial charge in [0.1, 0.15) is 5.76 Å². The summed E-state index contributed by atoms with van der Waals surface area (Å²) in [5, 5.41) is 2.72. The van der Waals surface area contributed by atoms with E-state index in [1.165, 1.54) is 12.4 Å². The van der Waals surface area contributed by atoms with Gasteiger partial charge in [0.2, 0.25) is 0 Å². The van der Waals surface area contributed by atoms with Crippen molar-refractivity contribution in [3.05, 3.63) is 42.2 Å². The number of nitrogens with two attached hydrogens (primary N) is 1. The first-order valence-electron chi connectivity index (χ1n) is 5.09. The maximum Gasteiger partial charge on any atom is 0.274 e. The summed E-state index contributed by atoms with van der Waals surface area (Å²) in [7, 11) is 0. The number of nitrogen functional groups attached to an aromatic ring is 1. The van der Waals surface area contributed by atoms with Crippen LogP contribution in [0, 0.1) is 0 Å². The second-order valence-corrected chi connectivity index (χ2v) is 3.50. The Labute approximate surface area is 97.9 Å². The van der Waals surface area contributed by atoms with Crippen LogP contribution in [0.5, 0.6) is 0 Å². The zero-order valence-corrected chi connectivity index (χ0v) is 9.25. The Morgan fingerprint density at radius 3 is 2.88 bits per heavy atom. The number of nitrogens with zero attached hydrogens (tertiary/aromatic N) is 2. The van der Waals surface area contributed by atoms with Crippen LogP contribution in [0.25, 0.3) is 0 Å². The third-order valence-electron chi connectivity index (χ3n) is 2.26. The molecule has 2 rings (SSSR count). The molecular formula is C11H12N4O2. The van der Waals surface area contributed by atoms with Gasteiger partial charge in [0.15, 0.2) is 11.5 Å². The molecule has 0 aromatic carbocycles. The highest BCUT2D eigenvalue weighted by Crippen LogP contribution is 2.13. The quantitative estimate of drug-likeness (QED) is 0.827. The summed E-state index contributed by atoms with van der Waals surface area (Å²) < 4.78 is 5.18. The monoisotopic (exact) mass is 232 g/mol. The Bertz CT molecular complexity index is 510. The maximum atomic E-state index is 11.8. The van der Waals surface area contributed by atoms with Crippen LogP contribution in [0.2, 0.25) is 0 Å². The molecule has 2 aromatic heterocycles. The molecule has 0 aliphatic heterocycles. The third kappa shape index (κ3) is 2.41. The molecule has 0 fully saturated rings. The topological polar surface area (TPSA) is 94.0 Å². The van der Waals surface area contributed by atoms with Crippen LogP contribution in [-0.2, 0) is 0 Å². The average molecular weight is 232 g/mol. The number of anilines is 1. The summed E-state index contributed by atoms with van der Waals surface area (Å²) in [5.74, 6) is 0.400. The van der Waals surface area contributed by atoms with Gasteiger partial charge in [-0.1, -0.05) is 0 Å². The van der Waals surface area contributed by atoms with E-state index in [1.54, 1.807) is 18.4 Å². The van der Waals surface area contributed by atoms with E-state index < -0.39 is 0 Å². The smallest absolute Gasteiger partial charge is 0.274 e. The predicted octanol–water partition coefficient (Wildman–Crippen LogP) is 1.14. The number of amides is 1. The van der Waals surface area contributed by atoms with Crippen molar-refractivity contribution in [2.45, 2.75) is 13.0 Å². The van der Waals surface area contributed by atoms with Crippen LogP contribution in [0.3, 0.4) is 0 Å². The number of aromatic nitrogens is 2. The molecule has 2 aromatic rings. The second kappa shape index (κ2) is 4.65. The Kier molecular flexibility index (Phi) is 3.04. The van der Waals surface area contributed by atoms with Crippen molar-refractivity contribution < 1.29 is 9.21 Å². The van der Waals surface area contributed by atoms with Crippen molar-refractivity contribution in [2.24, 2.45) is 0 Å². The molecule has 0 bridgehead atoms. The number of hydrogen-bond donors (Lipinski definition) is 2. The van der Waals surface area contributed by atoms with Gasteiger partial charge in [0.05, 0.1) is 12.3 Å². The summed E-state index contributed by atoms with van der Waals surface area (Å²) in [6.45, 7) is 1.81. The van der Waals surface area contributed by atoms with Crippen molar-refractivity contribution in [1.82, 2.24) is 15.3 Å². The minimum absolute atomic E-state index is 0.108. The summed E-state index contributed by atoms with van der Waals surface area (Å²) in [6.07, 6.45) is 4.40. The number of hydrogen-bond acceptors (Lipinski definition) is 5. The fraction of sp³-hybridized carbons (Fsp3) is 0.182. The molecule has 88 valence electrons. The van der Waals surface area contributed by atoms with Crippen LogP contribution >= 0.6 is 0 Å². The van der Waals surface area contributed by atoms with Gasteiger partial charge in [-0.05, 0) is 19.1 Å². The fourth-order valence-corrected chi connectivity index (χ4v) is 1.40. The molecule has 0 unspecified atom stereocenters. The van der Waals surface area contributed by atoms with E-state index >= 15 is 0 Å². The highest BCUT2D eigenvalue weighted by molar-refractivity contribution is 5.96. The lowest BCUT2D eigenvalue weighted by Crippen LogP contribution is -2.28. The summed E-state index contributed by atoms with van der Waals surface area (Å²) in [6, 6.07) is 3.29. The number of nitrogens with one attached hydrogen (secondary N) is 1. The Hall–Kier alpha value is -2.37. The van der Waals surface area contributed by atoms with Crippen molar-refractivity contribution >= 4 is 11.7 Å². The standard InChI is InChI=1S/C11H12N4O2/c1-7(8-3-2-6-17-8)15-11(16)9-10(12)14-5-4-13-9/h2-7H,1H3,(H2,12,14)(H,15,16)/t7-/m0/s1. The summed E-state index contributed by atoms with van der Waals surface area (Å²) in [4.78, 5) is 19.5. The van der Waals surface area contributed by atoms with Gasteiger partial charge >= 0.3 is 0 Å². The lowest BCUT2D eigenvalue weighted by Gasteiger charge is -2.11. The highest BCUT2D eigenvalue weighted by Gasteiger charge is 2.16. The van der Waals surface area contributed by atoms with Gasteiger partial charge in [0.25, 0.3) is 5.91 Å². The predicted molar refractivity (Wildman–Crippen MR) is 61.0 cm³/mol. The maximum absolute atomic E-state index is 11.8. The summed E-state index contributed by atoms with van der Waals surface area (Å²) in [5.41, 5.74) is 5.67. The SMILES string of the molecule is C[C@H](NC(=O)c1nccnc1N)c1ccco1. The molecule has 0 radical (unpaired) electrons. The van der Waals surface area contributed by atoms with Gasteiger partial charge < -0.3 is 15.5 Å². The van der Waals surface area contributed by atoms with Crippen molar-refractivity contribution in [3.8, 4) is 0 Å². The van der Waals surface area contributed by atoms with Crippen LogP contribution in [0.1, 0.15) is 29.2 Å². The van der Waals surface area contributed by atoms with E-state index in [0.29, 0.717) is 5.76 Å². The molecule has 2 heterocycles. The molecule has 1 atom stereocenters. The second-order valence-electron chi connectivity index (χ2n) is 3.50. The lowest BCUT2D eigenvalue weighted by atomic mass is 10.2. The lowest BCUT2D eigenvalue weighted by molar-refractivity contribution is 0.0931. The minimum Gasteiger partial charge on any atom is -0.467 e. The van der Waals surface area contributed by atoms with Crippen LogP contribution < -0.4 is 11.1 Å². The molecule has 1 amide bonds. The van der Waals surface area contributed by atoms with E-state index in [2.05, 4.69) is 15.3 Å². The first-order chi connectivity index (χ1) is 8.18. The molecule has 3 N–H and O–H groups in total. The van der Waals surface area contributed by atoms with Gasteiger partial charge in [-0.15, -0.1) is 0 Å². The van der Waals surface area contributed by atoms with Gasteiger partial charge in [0, 0.05) is 12.4 Å². The van der Waals surface area contributed by atoms with Gasteiger partial charge in [-0.25, -0.2) is 9.97 Å². The highest BCUT2D eigenvalue weighted by atomic mass is 16.3. The van der Waals surface area contributed by atoms with E-state index in [-0.39, 0.29) is 23.5 Å². The number of furan rings is 1. The van der Waals surface area contributed by atoms with Crippen molar-refractivity contribution in [3.63, 3.8) is 0 Å². The molecular weight excluding hydrogens is 220 g/mol. The first kappa shape index (κ1) is 11.1. The zero-order chi connectivity index (χ0) is 12.3. The molecule has 6 heteroatoms. The third-order valence-corrected chi connectivity index (χ3v) is 2.26. The molecule has 0 aliphatic carbocycles. The average Bonchev–Trinajstić information content (AvgIpc) is 2.82. The number of carbonyl (C=O) groups is 1. The molecule has 0 saturated carbocycles. The van der Waals surface area contributed by atoms with E-state index in [4.69, 9.17) is 10.2 Å². The Morgan fingerprint density at radius 2 is 2.24 bits per heavy atom. The summed E-state index contributed by atoms with van der Waals surface area (Å²) >= 11 is 0. The van der Waals surface area contributed by atoms with Gasteiger partial charge in [-0.2, -0.15) is 0 Å². The minimum atomic E-state index is -0.375. The van der Waals surface area contributed by atoms with E-state index in [9.17, 15) is 4.79 Å². The molecule has 0 aliphatic rings. The van der Waals surface area contributed by atoms with E-state index in [1.807, 2.05) is 6.92 Å². The molecule has 17 heavy (non-hydrogen) atoms. The van der Waals surface area contributed by atoms with Crippen LogP contribution in [-0.4, -0.2) is 15.9 Å². The number of rotatable bonds is 3. The Balaban J connectivity index is 2.10. The van der Waals surface area contributed by atoms with Crippen molar-refractivity contribution in [2.75, 3.05) is 5.73 Å². The first-order valence-corrected chi connectivity index (χ1v) is 5.09. The van der Waals surface area contributed by atoms with E-state index in [0.717, 1.165) is 0 Å². The fourth-order valence-electron chi connectivity index (χ4n) is 1.40. The molecule has 0 spiro atoms. The number of carbonyl (C=O) groups excluding carboxylic acids is 1. The normalized spacial score (nSPS) is 12.1.